The lowest BCUT2D eigenvalue weighted by Crippen LogP contribution is -2.77. The van der Waals surface area contributed by atoms with Crippen LogP contribution in [-0.4, -0.2) is 70.8 Å². The molecule has 2 aliphatic rings. The topological polar surface area (TPSA) is 114 Å². The summed E-state index contributed by atoms with van der Waals surface area (Å²) in [5.74, 6) is -0.101. The van der Waals surface area contributed by atoms with Crippen molar-refractivity contribution >= 4 is 29.5 Å². The molecule has 0 saturated carbocycles. The number of benzene rings is 2. The van der Waals surface area contributed by atoms with Crippen molar-refractivity contribution in [3.63, 3.8) is 0 Å². The number of fused-ring (bicyclic) bond motifs is 1. The maximum atomic E-state index is 12.7. The van der Waals surface area contributed by atoms with Gasteiger partial charge in [-0.05, 0) is 29.8 Å². The molecule has 2 heterocycles. The molecule has 10 heteroatoms. The Morgan fingerprint density at radius 2 is 1.85 bits per heavy atom. The number of hydrogen-bond donors (Lipinski definition) is 2. The van der Waals surface area contributed by atoms with E-state index in [0.717, 1.165) is 5.56 Å². The van der Waals surface area contributed by atoms with Gasteiger partial charge < -0.3 is 29.5 Å². The summed E-state index contributed by atoms with van der Waals surface area (Å²) in [7, 11) is 1.56. The molecular weight excluding hydrogens is 448 g/mol. The summed E-state index contributed by atoms with van der Waals surface area (Å²) in [6.45, 7) is -0.232. The minimum Gasteiger partial charge on any atom is -0.497 e. The summed E-state index contributed by atoms with van der Waals surface area (Å²) in [5, 5.41) is 12.6. The molecule has 2 N–H and O–H groups in total. The van der Waals surface area contributed by atoms with Crippen LogP contribution in [0.3, 0.4) is 0 Å². The number of rotatable bonds is 8. The highest BCUT2D eigenvalue weighted by atomic mass is 32.2. The van der Waals surface area contributed by atoms with E-state index in [9.17, 15) is 19.5 Å². The smallest absolute Gasteiger partial charge is 0.331 e. The van der Waals surface area contributed by atoms with Crippen LogP contribution in [0.4, 0.5) is 0 Å². The summed E-state index contributed by atoms with van der Waals surface area (Å²) in [6, 6.07) is 14.0. The Kier molecular flexibility index (Phi) is 7.05. The zero-order valence-corrected chi connectivity index (χ0v) is 18.7. The zero-order valence-electron chi connectivity index (χ0n) is 17.9. The molecule has 33 heavy (non-hydrogen) atoms. The van der Waals surface area contributed by atoms with Crippen LogP contribution in [0.5, 0.6) is 11.5 Å². The molecule has 0 aromatic heterocycles. The second-order valence-electron chi connectivity index (χ2n) is 7.58. The van der Waals surface area contributed by atoms with E-state index in [1.807, 2.05) is 6.07 Å². The second-order valence-corrected chi connectivity index (χ2v) is 8.73. The Balaban J connectivity index is 1.32. The highest BCUT2D eigenvalue weighted by molar-refractivity contribution is 8.00. The molecule has 9 nitrogen and oxygen atoms in total. The quantitative estimate of drug-likeness (QED) is 0.431. The molecule has 2 amide bonds. The van der Waals surface area contributed by atoms with E-state index in [-0.39, 0.29) is 19.0 Å². The summed E-state index contributed by atoms with van der Waals surface area (Å²) < 4.78 is 15.9. The number of thioether (sulfide) groups is 1. The summed E-state index contributed by atoms with van der Waals surface area (Å²) >= 11 is 1.31. The van der Waals surface area contributed by atoms with Gasteiger partial charge in [-0.15, -0.1) is 11.8 Å². The van der Waals surface area contributed by atoms with Crippen LogP contribution in [0.2, 0.25) is 0 Å². The second kappa shape index (κ2) is 10.1. The first-order valence-corrected chi connectivity index (χ1v) is 11.4. The average molecular weight is 473 g/mol. The first kappa shape index (κ1) is 22.9. The summed E-state index contributed by atoms with van der Waals surface area (Å²) in [6.07, 6.45) is -1.06. The number of methoxy groups -OCH3 is 1. The molecule has 4 atom stereocenters. The van der Waals surface area contributed by atoms with Crippen molar-refractivity contribution in [3.05, 3.63) is 60.2 Å². The largest absolute Gasteiger partial charge is 0.497 e. The van der Waals surface area contributed by atoms with Crippen molar-refractivity contribution in [2.75, 3.05) is 19.5 Å². The monoisotopic (exact) mass is 472 g/mol. The fourth-order valence-electron chi connectivity index (χ4n) is 3.68. The average Bonchev–Trinajstić information content (AvgIpc) is 2.85. The lowest BCUT2D eigenvalue weighted by Gasteiger charge is -2.53. The van der Waals surface area contributed by atoms with E-state index in [2.05, 4.69) is 5.32 Å². The number of para-hydroxylation sites is 1. The van der Waals surface area contributed by atoms with Crippen molar-refractivity contribution in [2.24, 2.45) is 0 Å². The fraction of sp³-hybridized carbons (Fsp3) is 0.348. The summed E-state index contributed by atoms with van der Waals surface area (Å²) in [5.41, 5.74) is 0.749. The van der Waals surface area contributed by atoms with Gasteiger partial charge in [0.25, 0.3) is 5.91 Å². The fourth-order valence-corrected chi connectivity index (χ4v) is 5.03. The van der Waals surface area contributed by atoms with E-state index in [1.54, 1.807) is 55.6 Å². The standard InChI is InChI=1S/C23H24N2O7S/c1-30-15-9-7-14(8-10-15)11-32-23(29)20-17(26)13-33-22-19(21(28)25(20)22)24-18(27)12-31-16-5-3-2-4-6-16/h2-10,17,19-20,22,26H,11-13H2,1H3,(H,24,27)/t17?,19-,20?,22+/m1/s1. The number of carbonyl (C=O) groups excluding carboxylic acids is 3. The lowest BCUT2D eigenvalue weighted by atomic mass is 9.99. The number of carbonyl (C=O) groups is 3. The molecule has 2 unspecified atom stereocenters. The Hall–Kier alpha value is -3.24. The Morgan fingerprint density at radius 1 is 1.12 bits per heavy atom. The number of nitrogens with one attached hydrogen (secondary N) is 1. The number of aliphatic hydroxyl groups excluding tert-OH is 1. The zero-order chi connectivity index (χ0) is 23.4. The van der Waals surface area contributed by atoms with Gasteiger partial charge >= 0.3 is 5.97 Å². The Morgan fingerprint density at radius 3 is 2.55 bits per heavy atom. The van der Waals surface area contributed by atoms with Crippen molar-refractivity contribution in [1.29, 1.82) is 0 Å². The van der Waals surface area contributed by atoms with Gasteiger partial charge in [0, 0.05) is 5.75 Å². The van der Waals surface area contributed by atoms with Crippen molar-refractivity contribution < 1.29 is 33.7 Å². The molecule has 4 rings (SSSR count). The van der Waals surface area contributed by atoms with E-state index in [4.69, 9.17) is 14.2 Å². The maximum Gasteiger partial charge on any atom is 0.331 e. The number of ether oxygens (including phenoxy) is 3. The SMILES string of the molecule is COc1ccc(COC(=O)C2C(O)CS[C@H]3[C@H](NC(=O)COc4ccccc4)C(=O)N23)cc1. The molecule has 0 spiro atoms. The lowest BCUT2D eigenvalue weighted by molar-refractivity contribution is -0.172. The third-order valence-electron chi connectivity index (χ3n) is 5.39. The van der Waals surface area contributed by atoms with Crippen LogP contribution < -0.4 is 14.8 Å². The number of hydrogen-bond acceptors (Lipinski definition) is 8. The molecule has 0 radical (unpaired) electrons. The first-order valence-electron chi connectivity index (χ1n) is 10.4. The number of β-lactam (4-membered cyclic amide) rings is 1. The number of aliphatic hydroxyl groups is 1. The van der Waals surface area contributed by atoms with Gasteiger partial charge in [0.2, 0.25) is 5.91 Å². The normalized spacial score (nSPS) is 23.7. The Bertz CT molecular complexity index is 1000. The molecule has 2 aliphatic heterocycles. The van der Waals surface area contributed by atoms with E-state index >= 15 is 0 Å². The highest BCUT2D eigenvalue weighted by Crippen LogP contribution is 2.38. The molecule has 2 aromatic carbocycles. The molecule has 2 fully saturated rings. The van der Waals surface area contributed by atoms with Crippen LogP contribution in [0.1, 0.15) is 5.56 Å². The molecular formula is C23H24N2O7S. The van der Waals surface area contributed by atoms with Gasteiger partial charge in [-0.2, -0.15) is 0 Å². The minimum absolute atomic E-state index is 0.00285. The highest BCUT2D eigenvalue weighted by Gasteiger charge is 2.58. The van der Waals surface area contributed by atoms with Gasteiger partial charge in [-0.1, -0.05) is 30.3 Å². The first-order chi connectivity index (χ1) is 16.0. The van der Waals surface area contributed by atoms with Crippen LogP contribution in [0.25, 0.3) is 0 Å². The van der Waals surface area contributed by atoms with Gasteiger partial charge in [-0.3, -0.25) is 9.59 Å². The number of esters is 1. The van der Waals surface area contributed by atoms with E-state index < -0.39 is 41.3 Å². The molecule has 0 bridgehead atoms. The van der Waals surface area contributed by atoms with E-state index in [1.165, 1.54) is 16.7 Å². The van der Waals surface area contributed by atoms with Crippen molar-refractivity contribution in [2.45, 2.75) is 30.2 Å². The van der Waals surface area contributed by atoms with Crippen LogP contribution in [0, 0.1) is 0 Å². The molecule has 174 valence electrons. The summed E-state index contributed by atoms with van der Waals surface area (Å²) in [4.78, 5) is 39.0. The van der Waals surface area contributed by atoms with Gasteiger partial charge in [0.15, 0.2) is 12.6 Å². The number of nitrogens with zero attached hydrogens (tertiary/aromatic N) is 1. The Labute approximate surface area is 195 Å². The third-order valence-corrected chi connectivity index (χ3v) is 6.77. The molecule has 2 aromatic rings. The van der Waals surface area contributed by atoms with Crippen LogP contribution >= 0.6 is 11.8 Å². The van der Waals surface area contributed by atoms with Crippen LogP contribution in [0.15, 0.2) is 54.6 Å². The maximum absolute atomic E-state index is 12.7. The van der Waals surface area contributed by atoms with Crippen molar-refractivity contribution in [3.8, 4) is 11.5 Å². The molecule has 2 saturated heterocycles. The predicted octanol–water partition coefficient (Wildman–Crippen LogP) is 0.947. The van der Waals surface area contributed by atoms with Gasteiger partial charge in [0.05, 0.1) is 13.2 Å². The van der Waals surface area contributed by atoms with Gasteiger partial charge in [0.1, 0.15) is 29.5 Å². The predicted molar refractivity (Wildman–Crippen MR) is 120 cm³/mol. The van der Waals surface area contributed by atoms with Gasteiger partial charge in [-0.25, -0.2) is 4.79 Å². The number of amides is 2. The van der Waals surface area contributed by atoms with Crippen molar-refractivity contribution in [1.82, 2.24) is 10.2 Å². The third kappa shape index (κ3) is 5.07. The van der Waals surface area contributed by atoms with E-state index in [0.29, 0.717) is 11.5 Å². The van der Waals surface area contributed by atoms with Crippen LogP contribution in [-0.2, 0) is 25.7 Å². The minimum atomic E-state index is -1.12. The molecule has 0 aliphatic carbocycles.